The molecule has 15 heavy (non-hydrogen) atoms. The number of fused-ring (bicyclic) bond motifs is 1. The number of rotatable bonds is 1. The van der Waals surface area contributed by atoms with E-state index in [0.29, 0.717) is 5.92 Å². The van der Waals surface area contributed by atoms with E-state index < -0.39 is 0 Å². The molecule has 0 amide bonds. The highest BCUT2D eigenvalue weighted by molar-refractivity contribution is 5.17. The van der Waals surface area contributed by atoms with Crippen LogP contribution in [0.2, 0.25) is 0 Å². The maximum Gasteiger partial charge on any atom is 0.113 e. The Kier molecular flexibility index (Phi) is 2.59. The number of nitrogens with two attached hydrogens (primary N) is 1. The summed E-state index contributed by atoms with van der Waals surface area (Å²) in [5, 5.41) is 0. The SMILES string of the molecule is CC(C)(C)c1cn2c(n1)C(CN)CCC2. The van der Waals surface area contributed by atoms with Gasteiger partial charge in [-0.25, -0.2) is 4.98 Å². The number of aryl methyl sites for hydroxylation is 1. The quantitative estimate of drug-likeness (QED) is 0.765. The largest absolute Gasteiger partial charge is 0.334 e. The summed E-state index contributed by atoms with van der Waals surface area (Å²) in [5.41, 5.74) is 7.12. The molecule has 0 saturated heterocycles. The van der Waals surface area contributed by atoms with Gasteiger partial charge in [0.05, 0.1) is 5.69 Å². The fourth-order valence-corrected chi connectivity index (χ4v) is 2.16. The zero-order chi connectivity index (χ0) is 11.1. The predicted molar refractivity (Wildman–Crippen MR) is 62.0 cm³/mol. The van der Waals surface area contributed by atoms with Crippen LogP contribution in [0.1, 0.15) is 51.0 Å². The van der Waals surface area contributed by atoms with Crippen molar-refractivity contribution in [1.82, 2.24) is 9.55 Å². The van der Waals surface area contributed by atoms with Gasteiger partial charge in [-0.3, -0.25) is 0 Å². The molecule has 2 heterocycles. The monoisotopic (exact) mass is 207 g/mol. The average molecular weight is 207 g/mol. The van der Waals surface area contributed by atoms with Crippen LogP contribution in [0.5, 0.6) is 0 Å². The molecular weight excluding hydrogens is 186 g/mol. The van der Waals surface area contributed by atoms with Crippen molar-refractivity contribution in [3.8, 4) is 0 Å². The molecule has 1 aromatic heterocycles. The van der Waals surface area contributed by atoms with E-state index >= 15 is 0 Å². The minimum absolute atomic E-state index is 0.142. The fourth-order valence-electron chi connectivity index (χ4n) is 2.16. The molecule has 1 unspecified atom stereocenters. The van der Waals surface area contributed by atoms with Crippen molar-refractivity contribution in [2.24, 2.45) is 5.73 Å². The number of hydrogen-bond acceptors (Lipinski definition) is 2. The van der Waals surface area contributed by atoms with Crippen molar-refractivity contribution in [1.29, 1.82) is 0 Å². The van der Waals surface area contributed by atoms with Crippen molar-refractivity contribution in [3.05, 3.63) is 17.7 Å². The average Bonchev–Trinajstić information content (AvgIpc) is 2.59. The zero-order valence-corrected chi connectivity index (χ0v) is 9.95. The van der Waals surface area contributed by atoms with Crippen molar-refractivity contribution in [3.63, 3.8) is 0 Å². The van der Waals surface area contributed by atoms with E-state index in [1.165, 1.54) is 24.4 Å². The summed E-state index contributed by atoms with van der Waals surface area (Å²) in [6, 6.07) is 0. The summed E-state index contributed by atoms with van der Waals surface area (Å²) in [7, 11) is 0. The van der Waals surface area contributed by atoms with E-state index in [4.69, 9.17) is 10.7 Å². The lowest BCUT2D eigenvalue weighted by molar-refractivity contribution is 0.448. The maximum absolute atomic E-state index is 5.78. The molecule has 0 fully saturated rings. The van der Waals surface area contributed by atoms with Crippen LogP contribution >= 0.6 is 0 Å². The van der Waals surface area contributed by atoms with Crippen molar-refractivity contribution >= 4 is 0 Å². The third-order valence-electron chi connectivity index (χ3n) is 3.18. The number of nitrogens with zero attached hydrogens (tertiary/aromatic N) is 2. The predicted octanol–water partition coefficient (Wildman–Crippen LogP) is 2.02. The fraction of sp³-hybridized carbons (Fsp3) is 0.750. The molecule has 0 aromatic carbocycles. The van der Waals surface area contributed by atoms with Crippen LogP contribution in [0, 0.1) is 0 Å². The molecule has 2 rings (SSSR count). The molecule has 0 radical (unpaired) electrons. The molecule has 84 valence electrons. The Morgan fingerprint density at radius 3 is 2.87 bits per heavy atom. The molecule has 0 saturated carbocycles. The van der Waals surface area contributed by atoms with Gasteiger partial charge in [-0.05, 0) is 12.8 Å². The zero-order valence-electron chi connectivity index (χ0n) is 9.95. The van der Waals surface area contributed by atoms with Gasteiger partial charge in [-0.15, -0.1) is 0 Å². The lowest BCUT2D eigenvalue weighted by atomic mass is 9.93. The Bertz CT molecular complexity index is 346. The normalized spacial score (nSPS) is 21.5. The van der Waals surface area contributed by atoms with Gasteiger partial charge < -0.3 is 10.3 Å². The second-order valence-corrected chi connectivity index (χ2v) is 5.50. The third kappa shape index (κ3) is 1.93. The second-order valence-electron chi connectivity index (χ2n) is 5.50. The molecule has 1 atom stereocenters. The Balaban J connectivity index is 2.37. The summed E-state index contributed by atoms with van der Waals surface area (Å²) in [6.45, 7) is 8.45. The Labute approximate surface area is 91.7 Å². The van der Waals surface area contributed by atoms with Crippen LogP contribution in [-0.2, 0) is 12.0 Å². The number of aromatic nitrogens is 2. The Morgan fingerprint density at radius 2 is 2.27 bits per heavy atom. The Morgan fingerprint density at radius 1 is 1.53 bits per heavy atom. The number of hydrogen-bond donors (Lipinski definition) is 1. The van der Waals surface area contributed by atoms with Gasteiger partial charge in [0.2, 0.25) is 0 Å². The smallest absolute Gasteiger partial charge is 0.113 e. The van der Waals surface area contributed by atoms with Crippen LogP contribution in [0.4, 0.5) is 0 Å². The topological polar surface area (TPSA) is 43.8 Å². The van der Waals surface area contributed by atoms with E-state index in [9.17, 15) is 0 Å². The molecule has 0 spiro atoms. The lowest BCUT2D eigenvalue weighted by Gasteiger charge is -2.21. The van der Waals surface area contributed by atoms with Crippen LogP contribution in [0.15, 0.2) is 6.20 Å². The van der Waals surface area contributed by atoms with E-state index in [1.807, 2.05) is 0 Å². The first kappa shape index (κ1) is 10.7. The van der Waals surface area contributed by atoms with Crippen LogP contribution in [-0.4, -0.2) is 16.1 Å². The highest BCUT2D eigenvalue weighted by Crippen LogP contribution is 2.29. The van der Waals surface area contributed by atoms with E-state index in [0.717, 1.165) is 13.1 Å². The van der Waals surface area contributed by atoms with Crippen molar-refractivity contribution < 1.29 is 0 Å². The number of imidazole rings is 1. The van der Waals surface area contributed by atoms with Crippen molar-refractivity contribution in [2.75, 3.05) is 6.54 Å². The van der Waals surface area contributed by atoms with Gasteiger partial charge in [0.1, 0.15) is 5.82 Å². The molecule has 2 N–H and O–H groups in total. The summed E-state index contributed by atoms with van der Waals surface area (Å²) >= 11 is 0. The standard InChI is InChI=1S/C12H21N3/c1-12(2,3)10-8-15-6-4-5-9(7-13)11(15)14-10/h8-9H,4-7,13H2,1-3H3. The third-order valence-corrected chi connectivity index (χ3v) is 3.18. The van der Waals surface area contributed by atoms with E-state index in [2.05, 4.69) is 31.5 Å². The molecule has 1 aromatic rings. The van der Waals surface area contributed by atoms with Gasteiger partial charge in [0.25, 0.3) is 0 Å². The van der Waals surface area contributed by atoms with Gasteiger partial charge in [0, 0.05) is 30.6 Å². The van der Waals surface area contributed by atoms with Gasteiger partial charge >= 0.3 is 0 Å². The van der Waals surface area contributed by atoms with E-state index in [-0.39, 0.29) is 5.41 Å². The second kappa shape index (κ2) is 3.63. The summed E-state index contributed by atoms with van der Waals surface area (Å²) in [6.07, 6.45) is 4.63. The van der Waals surface area contributed by atoms with E-state index in [1.54, 1.807) is 0 Å². The minimum atomic E-state index is 0.142. The van der Waals surface area contributed by atoms with Gasteiger partial charge in [-0.1, -0.05) is 20.8 Å². The van der Waals surface area contributed by atoms with Crippen LogP contribution in [0.3, 0.4) is 0 Å². The van der Waals surface area contributed by atoms with Crippen LogP contribution < -0.4 is 5.73 Å². The highest BCUT2D eigenvalue weighted by atomic mass is 15.1. The highest BCUT2D eigenvalue weighted by Gasteiger charge is 2.25. The van der Waals surface area contributed by atoms with Crippen molar-refractivity contribution in [2.45, 2.75) is 51.5 Å². The summed E-state index contributed by atoms with van der Waals surface area (Å²) in [5.74, 6) is 1.67. The molecule has 1 aliphatic rings. The lowest BCUT2D eigenvalue weighted by Crippen LogP contribution is -2.22. The van der Waals surface area contributed by atoms with Crippen LogP contribution in [0.25, 0.3) is 0 Å². The minimum Gasteiger partial charge on any atom is -0.334 e. The van der Waals surface area contributed by atoms with Gasteiger partial charge in [0.15, 0.2) is 0 Å². The first-order valence-corrected chi connectivity index (χ1v) is 5.80. The molecule has 1 aliphatic heterocycles. The molecular formula is C12H21N3. The first-order valence-electron chi connectivity index (χ1n) is 5.80. The molecule has 3 heteroatoms. The van der Waals surface area contributed by atoms with Gasteiger partial charge in [-0.2, -0.15) is 0 Å². The first-order chi connectivity index (χ1) is 7.02. The molecule has 0 bridgehead atoms. The molecule has 3 nitrogen and oxygen atoms in total. The Hall–Kier alpha value is -0.830. The maximum atomic E-state index is 5.78. The summed E-state index contributed by atoms with van der Waals surface area (Å²) < 4.78 is 2.29. The molecule has 0 aliphatic carbocycles. The summed E-state index contributed by atoms with van der Waals surface area (Å²) in [4.78, 5) is 4.76.